The molecule has 0 radical (unpaired) electrons. The van der Waals surface area contributed by atoms with Crippen LogP contribution in [-0.4, -0.2) is 19.1 Å². The first-order chi connectivity index (χ1) is 7.22. The van der Waals surface area contributed by atoms with Crippen LogP contribution in [0.3, 0.4) is 0 Å². The predicted molar refractivity (Wildman–Crippen MR) is 59.2 cm³/mol. The number of ether oxygens (including phenoxy) is 1. The lowest BCUT2D eigenvalue weighted by molar-refractivity contribution is -0.141. The molecule has 0 spiro atoms. The van der Waals surface area contributed by atoms with Crippen LogP contribution in [0.15, 0.2) is 18.2 Å². The Morgan fingerprint density at radius 3 is 3.13 bits per heavy atom. The van der Waals surface area contributed by atoms with E-state index in [0.29, 0.717) is 0 Å². The molecular formula is C11H12ClNO2. The Kier molecular flexibility index (Phi) is 2.82. The first-order valence-corrected chi connectivity index (χ1v) is 5.22. The van der Waals surface area contributed by atoms with Crippen molar-refractivity contribution in [2.75, 3.05) is 12.4 Å². The molecule has 0 saturated carbocycles. The van der Waals surface area contributed by atoms with E-state index in [1.807, 2.05) is 18.2 Å². The lowest BCUT2D eigenvalue weighted by Crippen LogP contribution is -2.34. The summed E-state index contributed by atoms with van der Waals surface area (Å²) in [5.74, 6) is -0.222. The van der Waals surface area contributed by atoms with E-state index in [4.69, 9.17) is 16.3 Å². The number of halogens is 1. The minimum Gasteiger partial charge on any atom is -0.467 e. The van der Waals surface area contributed by atoms with Crippen molar-refractivity contribution in [3.63, 3.8) is 0 Å². The molecule has 0 fully saturated rings. The van der Waals surface area contributed by atoms with Gasteiger partial charge in [-0.3, -0.25) is 0 Å². The molecule has 3 nitrogen and oxygen atoms in total. The maximum absolute atomic E-state index is 11.3. The van der Waals surface area contributed by atoms with Crippen molar-refractivity contribution in [3.05, 3.63) is 28.8 Å². The highest BCUT2D eigenvalue weighted by molar-refractivity contribution is 6.31. The predicted octanol–water partition coefficient (Wildman–Crippen LogP) is 2.24. The number of carbonyl (C=O) groups excluding carboxylic acids is 1. The van der Waals surface area contributed by atoms with Gasteiger partial charge in [-0.25, -0.2) is 4.79 Å². The summed E-state index contributed by atoms with van der Waals surface area (Å²) in [6.07, 6.45) is 1.53. The molecule has 1 atom stereocenters. The minimum absolute atomic E-state index is 0.222. The molecule has 1 N–H and O–H groups in total. The third-order valence-electron chi connectivity index (χ3n) is 2.62. The second kappa shape index (κ2) is 4.11. The van der Waals surface area contributed by atoms with Gasteiger partial charge in [0.2, 0.25) is 0 Å². The summed E-state index contributed by atoms with van der Waals surface area (Å²) in [6, 6.07) is 5.41. The van der Waals surface area contributed by atoms with Gasteiger partial charge in [0.05, 0.1) is 7.11 Å². The van der Waals surface area contributed by atoms with Crippen LogP contribution >= 0.6 is 11.6 Å². The van der Waals surface area contributed by atoms with E-state index in [0.717, 1.165) is 29.1 Å². The smallest absolute Gasteiger partial charge is 0.328 e. The van der Waals surface area contributed by atoms with Crippen LogP contribution in [0.4, 0.5) is 5.69 Å². The monoisotopic (exact) mass is 225 g/mol. The van der Waals surface area contributed by atoms with E-state index in [-0.39, 0.29) is 12.0 Å². The molecule has 2 rings (SSSR count). The van der Waals surface area contributed by atoms with Gasteiger partial charge >= 0.3 is 5.97 Å². The molecule has 4 heteroatoms. The minimum atomic E-state index is -0.249. The van der Waals surface area contributed by atoms with Crippen LogP contribution in [0.25, 0.3) is 0 Å². The molecule has 0 saturated heterocycles. The van der Waals surface area contributed by atoms with Crippen molar-refractivity contribution in [1.29, 1.82) is 0 Å². The van der Waals surface area contributed by atoms with E-state index in [1.54, 1.807) is 0 Å². The number of anilines is 1. The summed E-state index contributed by atoms with van der Waals surface area (Å²) < 4.78 is 4.70. The van der Waals surface area contributed by atoms with E-state index in [2.05, 4.69) is 5.32 Å². The zero-order valence-corrected chi connectivity index (χ0v) is 9.17. The first-order valence-electron chi connectivity index (χ1n) is 4.84. The number of benzene rings is 1. The molecule has 0 bridgehead atoms. The van der Waals surface area contributed by atoms with Gasteiger partial charge in [0.1, 0.15) is 6.04 Å². The van der Waals surface area contributed by atoms with Crippen LogP contribution < -0.4 is 5.32 Å². The fourth-order valence-electron chi connectivity index (χ4n) is 1.82. The molecule has 0 amide bonds. The second-order valence-corrected chi connectivity index (χ2v) is 3.93. The summed E-state index contributed by atoms with van der Waals surface area (Å²) in [7, 11) is 1.40. The third kappa shape index (κ3) is 1.92. The lowest BCUT2D eigenvalue weighted by Gasteiger charge is -2.25. The number of carbonyl (C=O) groups is 1. The average Bonchev–Trinajstić information content (AvgIpc) is 2.28. The quantitative estimate of drug-likeness (QED) is 0.745. The Morgan fingerprint density at radius 2 is 2.40 bits per heavy atom. The topological polar surface area (TPSA) is 38.3 Å². The molecule has 1 aliphatic rings. The fraction of sp³-hybridized carbons (Fsp3) is 0.364. The number of hydrogen-bond donors (Lipinski definition) is 1. The number of fused-ring (bicyclic) bond motifs is 1. The molecule has 0 aromatic heterocycles. The van der Waals surface area contributed by atoms with Crippen LogP contribution in [-0.2, 0) is 16.0 Å². The maximum Gasteiger partial charge on any atom is 0.328 e. The zero-order valence-electron chi connectivity index (χ0n) is 8.42. The SMILES string of the molecule is COC(=O)C1CCc2c(Cl)cccc2N1. The third-order valence-corrected chi connectivity index (χ3v) is 2.97. The number of rotatable bonds is 1. The molecule has 1 aliphatic heterocycles. The molecule has 1 aromatic rings. The summed E-state index contributed by atoms with van der Waals surface area (Å²) in [6.45, 7) is 0. The van der Waals surface area contributed by atoms with Crippen molar-refractivity contribution in [1.82, 2.24) is 0 Å². The average molecular weight is 226 g/mol. The standard InChI is InChI=1S/C11H12ClNO2/c1-15-11(14)10-6-5-7-8(12)3-2-4-9(7)13-10/h2-4,10,13H,5-6H2,1H3. The Bertz CT molecular complexity index is 392. The molecule has 1 unspecified atom stereocenters. The number of esters is 1. The van der Waals surface area contributed by atoms with Gasteiger partial charge in [-0.1, -0.05) is 17.7 Å². The van der Waals surface area contributed by atoms with Crippen molar-refractivity contribution in [3.8, 4) is 0 Å². The van der Waals surface area contributed by atoms with E-state index in [1.165, 1.54) is 7.11 Å². The first kappa shape index (κ1) is 10.3. The van der Waals surface area contributed by atoms with Gasteiger partial charge in [0.25, 0.3) is 0 Å². The van der Waals surface area contributed by atoms with E-state index >= 15 is 0 Å². The lowest BCUT2D eigenvalue weighted by atomic mass is 9.98. The van der Waals surface area contributed by atoms with Crippen LogP contribution in [0, 0.1) is 0 Å². The molecule has 1 aromatic carbocycles. The molecule has 80 valence electrons. The Morgan fingerprint density at radius 1 is 1.60 bits per heavy atom. The normalized spacial score (nSPS) is 18.9. The highest BCUT2D eigenvalue weighted by Crippen LogP contribution is 2.30. The number of hydrogen-bond acceptors (Lipinski definition) is 3. The van der Waals surface area contributed by atoms with Gasteiger partial charge < -0.3 is 10.1 Å². The van der Waals surface area contributed by atoms with Gasteiger partial charge in [0, 0.05) is 10.7 Å². The molecule has 1 heterocycles. The van der Waals surface area contributed by atoms with Crippen molar-refractivity contribution >= 4 is 23.3 Å². The highest BCUT2D eigenvalue weighted by atomic mass is 35.5. The van der Waals surface area contributed by atoms with Crippen molar-refractivity contribution in [2.24, 2.45) is 0 Å². The van der Waals surface area contributed by atoms with E-state index in [9.17, 15) is 4.79 Å². The fourth-order valence-corrected chi connectivity index (χ4v) is 2.08. The maximum atomic E-state index is 11.3. The molecular weight excluding hydrogens is 214 g/mol. The summed E-state index contributed by atoms with van der Waals surface area (Å²) in [5.41, 5.74) is 2.02. The van der Waals surface area contributed by atoms with Gasteiger partial charge in [-0.2, -0.15) is 0 Å². The largest absolute Gasteiger partial charge is 0.467 e. The Balaban J connectivity index is 2.24. The Labute approximate surface area is 93.4 Å². The van der Waals surface area contributed by atoms with Crippen molar-refractivity contribution in [2.45, 2.75) is 18.9 Å². The summed E-state index contributed by atoms with van der Waals surface area (Å²) in [4.78, 5) is 11.3. The number of methoxy groups -OCH3 is 1. The van der Waals surface area contributed by atoms with Crippen LogP contribution in [0.2, 0.25) is 5.02 Å². The molecule has 15 heavy (non-hydrogen) atoms. The second-order valence-electron chi connectivity index (χ2n) is 3.52. The van der Waals surface area contributed by atoms with Gasteiger partial charge in [-0.15, -0.1) is 0 Å². The Hall–Kier alpha value is -1.22. The van der Waals surface area contributed by atoms with Gasteiger partial charge in [0.15, 0.2) is 0 Å². The van der Waals surface area contributed by atoms with Crippen LogP contribution in [0.5, 0.6) is 0 Å². The van der Waals surface area contributed by atoms with E-state index < -0.39 is 0 Å². The van der Waals surface area contributed by atoms with Crippen LogP contribution in [0.1, 0.15) is 12.0 Å². The zero-order chi connectivity index (χ0) is 10.8. The highest BCUT2D eigenvalue weighted by Gasteiger charge is 2.25. The number of nitrogens with one attached hydrogen (secondary N) is 1. The van der Waals surface area contributed by atoms with Gasteiger partial charge in [-0.05, 0) is 30.5 Å². The molecule has 0 aliphatic carbocycles. The van der Waals surface area contributed by atoms with Crippen molar-refractivity contribution < 1.29 is 9.53 Å². The summed E-state index contributed by atoms with van der Waals surface area (Å²) in [5, 5.41) is 3.88. The summed E-state index contributed by atoms with van der Waals surface area (Å²) >= 11 is 6.05.